The van der Waals surface area contributed by atoms with E-state index in [1.54, 1.807) is 20.8 Å². The Labute approximate surface area is 466 Å². The van der Waals surface area contributed by atoms with E-state index in [1.165, 1.54) is 6.08 Å². The summed E-state index contributed by atoms with van der Waals surface area (Å²) in [5, 5.41) is 24.6. The van der Waals surface area contributed by atoms with Gasteiger partial charge in [-0.1, -0.05) is 64.6 Å². The van der Waals surface area contributed by atoms with Gasteiger partial charge in [-0.15, -0.1) is 0 Å². The predicted molar refractivity (Wildman–Crippen MR) is 288 cm³/mol. The number of aliphatic imine (C=N–C) groups is 1. The Kier molecular flexibility index (Phi) is 30.9. The highest BCUT2D eigenvalue weighted by Crippen LogP contribution is 2.32. The van der Waals surface area contributed by atoms with Crippen molar-refractivity contribution in [1.82, 2.24) is 25.3 Å². The molecule has 0 aromatic heterocycles. The van der Waals surface area contributed by atoms with Gasteiger partial charge in [-0.3, -0.25) is 4.79 Å². The fraction of sp³-hybridized carbons (Fsp3) is 0.681. The van der Waals surface area contributed by atoms with Crippen LogP contribution in [0.4, 0.5) is 19.2 Å². The second-order valence-corrected chi connectivity index (χ2v) is 24.2. The van der Waals surface area contributed by atoms with Crippen LogP contribution >= 0.6 is 69.6 Å². The van der Waals surface area contributed by atoms with E-state index in [-0.39, 0.29) is 67.7 Å². The first-order chi connectivity index (χ1) is 33.6. The van der Waals surface area contributed by atoms with Gasteiger partial charge in [-0.05, 0) is 167 Å². The number of carbonyl (C=O) groups is 5. The molecule has 6 N–H and O–H groups in total. The van der Waals surface area contributed by atoms with Gasteiger partial charge in [0.15, 0.2) is 0 Å². The van der Waals surface area contributed by atoms with Gasteiger partial charge in [0, 0.05) is 44.8 Å². The summed E-state index contributed by atoms with van der Waals surface area (Å²) < 4.78 is 14.1. The minimum atomic E-state index is -2.24. The number of allylic oxidation sites excluding steroid dienone is 1. The standard InChI is InChI=1S/C22H31BN4O4.C11H18N2O3.C10H20N2O2.C3Cl6O3.CH4/c1-22(2,3)14-18(24-4)20(28)27-12-8-11-17(27)15-25-21(29)26-19(23(30)31)13-16-9-6-5-7-10-16;1-11(2,3)16-10(15)13-6-4-5-9(13)7-12-8-14;1-10(2,3)14-9(13)12-6-4-5-8(12)7-11;4-2(5,6)11-1(10)12-3(7,8)9;/h5-7,9-10,14,17,19,30-31H,8,11-13,15H2,1-3H3,(H2,25,26,29);9H,4-7H2,1-3H3;8H,4-7,11H2,1-3H3;;1H4/t17-,19-;9-;8-;;/m000../s1. The van der Waals surface area contributed by atoms with Crippen LogP contribution in [0.5, 0.6) is 0 Å². The van der Waals surface area contributed by atoms with Gasteiger partial charge >= 0.3 is 39.4 Å². The lowest BCUT2D eigenvalue weighted by Crippen LogP contribution is -2.53. The number of likely N-dealkylation sites (tertiary alicyclic amines) is 3. The Morgan fingerprint density at radius 2 is 1.26 bits per heavy atom. The Hall–Kier alpha value is -3.94. The van der Waals surface area contributed by atoms with Crippen molar-refractivity contribution in [1.29, 1.82) is 0 Å². The fourth-order valence-corrected chi connectivity index (χ4v) is 7.50. The first-order valence-corrected chi connectivity index (χ1v) is 25.5. The number of carbonyl (C=O) groups excluding carboxylic acids is 6. The second kappa shape index (κ2) is 32.6. The van der Waals surface area contributed by atoms with Crippen molar-refractivity contribution >= 4 is 113 Å². The molecular weight excluding hydrogens is 1090 g/mol. The van der Waals surface area contributed by atoms with E-state index in [0.29, 0.717) is 26.2 Å². The number of halogens is 6. The SMILES string of the molecule is C.CC(C)(C)OC(=O)N1CCC[C@H]1CN.CC(C)(C)OC(=O)N1CCC[C@H]1CN=C=O.O=C(OC(Cl)(Cl)Cl)OC(Cl)(Cl)Cl.[C-]#[N+]C(=CC(C)(C)C)C(=O)N1CCC[C@H]1CNC(=O)N[C@@H](Cc1ccccc1)B(O)O. The maximum Gasteiger partial charge on any atom is 0.515 e. The summed E-state index contributed by atoms with van der Waals surface area (Å²) in [6, 6.07) is 8.63. The molecule has 0 spiro atoms. The number of nitrogens with one attached hydrogen (secondary N) is 2. The molecule has 5 amide bonds. The molecule has 27 heteroatoms. The fourth-order valence-electron chi connectivity index (χ4n) is 7.12. The number of hydrogen-bond donors (Lipinski definition) is 5. The van der Waals surface area contributed by atoms with Crippen molar-refractivity contribution in [3.8, 4) is 0 Å². The topological polar surface area (TPSA) is 256 Å². The van der Waals surface area contributed by atoms with Crippen LogP contribution in [0.2, 0.25) is 0 Å². The zero-order valence-electron chi connectivity index (χ0n) is 42.6. The van der Waals surface area contributed by atoms with E-state index in [0.717, 1.165) is 50.6 Å². The number of amides is 5. The number of alkyl halides is 6. The Morgan fingerprint density at radius 3 is 1.68 bits per heavy atom. The third-order valence-corrected chi connectivity index (χ3v) is 10.5. The van der Waals surface area contributed by atoms with Gasteiger partial charge < -0.3 is 60.1 Å². The summed E-state index contributed by atoms with van der Waals surface area (Å²) in [5.74, 6) is -1.19. The first-order valence-electron chi connectivity index (χ1n) is 23.2. The molecule has 0 saturated carbocycles. The van der Waals surface area contributed by atoms with Gasteiger partial charge in [-0.2, -0.15) is 0 Å². The zero-order valence-corrected chi connectivity index (χ0v) is 47.1. The van der Waals surface area contributed by atoms with E-state index in [9.17, 15) is 38.8 Å². The largest absolute Gasteiger partial charge is 0.515 e. The molecule has 3 aliphatic heterocycles. The van der Waals surface area contributed by atoms with Gasteiger partial charge in [0.2, 0.25) is 11.8 Å². The summed E-state index contributed by atoms with van der Waals surface area (Å²) >= 11 is 30.2. The molecule has 0 bridgehead atoms. The summed E-state index contributed by atoms with van der Waals surface area (Å²) in [6.07, 6.45) is 6.82. The highest BCUT2D eigenvalue weighted by molar-refractivity contribution is 6.67. The van der Waals surface area contributed by atoms with Crippen LogP contribution in [0.1, 0.15) is 114 Å². The van der Waals surface area contributed by atoms with Crippen LogP contribution in [-0.2, 0) is 35.0 Å². The van der Waals surface area contributed by atoms with E-state index in [1.807, 2.05) is 92.6 Å². The third kappa shape index (κ3) is 30.6. The normalized spacial score (nSPS) is 18.1. The van der Waals surface area contributed by atoms with Crippen molar-refractivity contribution in [2.24, 2.45) is 16.1 Å². The Bertz CT molecular complexity index is 2030. The molecule has 418 valence electrons. The van der Waals surface area contributed by atoms with E-state index < -0.39 is 44.4 Å². The van der Waals surface area contributed by atoms with Crippen molar-refractivity contribution in [3.05, 3.63) is 59.1 Å². The smallest absolute Gasteiger partial charge is 0.444 e. The number of urea groups is 1. The Balaban J connectivity index is 0.00000104. The van der Waals surface area contributed by atoms with Crippen LogP contribution in [0, 0.1) is 12.0 Å². The maximum atomic E-state index is 12.8. The molecule has 3 fully saturated rings. The molecule has 74 heavy (non-hydrogen) atoms. The number of ether oxygens (including phenoxy) is 4. The summed E-state index contributed by atoms with van der Waals surface area (Å²) in [6.45, 7) is 27.3. The molecule has 0 unspecified atom stereocenters. The van der Waals surface area contributed by atoms with Gasteiger partial charge in [0.1, 0.15) is 11.2 Å². The average molecular weight is 1170 g/mol. The van der Waals surface area contributed by atoms with Crippen LogP contribution in [0.25, 0.3) is 4.85 Å². The Morgan fingerprint density at radius 1 is 0.797 bits per heavy atom. The average Bonchev–Trinajstić information content (AvgIpc) is 4.04. The number of isocyanates is 1. The molecule has 1 aromatic rings. The van der Waals surface area contributed by atoms with Crippen molar-refractivity contribution < 1.29 is 57.8 Å². The molecule has 4 rings (SSSR count). The minimum Gasteiger partial charge on any atom is -0.444 e. The monoisotopic (exact) mass is 1160 g/mol. The molecule has 1 aromatic carbocycles. The highest BCUT2D eigenvalue weighted by atomic mass is 35.6. The maximum absolute atomic E-state index is 12.8. The number of nitrogens with two attached hydrogens (primary N) is 1. The van der Waals surface area contributed by atoms with Crippen LogP contribution in [-0.4, -0.2) is 151 Å². The molecule has 20 nitrogen and oxygen atoms in total. The predicted octanol–water partition coefficient (Wildman–Crippen LogP) is 9.25. The van der Waals surface area contributed by atoms with Crippen molar-refractivity contribution in [3.63, 3.8) is 0 Å². The van der Waals surface area contributed by atoms with E-state index >= 15 is 0 Å². The van der Waals surface area contributed by atoms with Crippen LogP contribution in [0.3, 0.4) is 0 Å². The van der Waals surface area contributed by atoms with Gasteiger partial charge in [-0.25, -0.2) is 33.8 Å². The van der Waals surface area contributed by atoms with Gasteiger partial charge in [0.05, 0.1) is 25.1 Å². The first kappa shape index (κ1) is 70.1. The lowest BCUT2D eigenvalue weighted by atomic mass is 9.76. The van der Waals surface area contributed by atoms with Crippen molar-refractivity contribution in [2.75, 3.05) is 39.3 Å². The summed E-state index contributed by atoms with van der Waals surface area (Å²) in [4.78, 5) is 81.2. The highest BCUT2D eigenvalue weighted by Gasteiger charge is 2.35. The molecule has 0 radical (unpaired) electrons. The van der Waals surface area contributed by atoms with Crippen molar-refractivity contribution in [2.45, 2.75) is 158 Å². The third-order valence-electron chi connectivity index (χ3n) is 10.1. The molecule has 0 aliphatic carbocycles. The quantitative estimate of drug-likeness (QED) is 0.0214. The molecular formula is C47H73BCl6N8O12. The number of nitrogens with zero attached hydrogens (tertiary/aromatic N) is 5. The molecule has 3 saturated heterocycles. The van der Waals surface area contributed by atoms with E-state index in [4.69, 9.17) is 91.4 Å². The van der Waals surface area contributed by atoms with E-state index in [2.05, 4.69) is 29.9 Å². The van der Waals surface area contributed by atoms with Gasteiger partial charge in [0.25, 0.3) is 5.91 Å². The molecule has 3 heterocycles. The summed E-state index contributed by atoms with van der Waals surface area (Å²) in [7, 11) is -1.71. The minimum absolute atomic E-state index is 0. The molecule has 3 aliphatic rings. The lowest BCUT2D eigenvalue weighted by Gasteiger charge is -2.27. The molecule has 4 atom stereocenters. The summed E-state index contributed by atoms with van der Waals surface area (Å²) in [5.41, 5.74) is 5.34. The zero-order chi connectivity index (χ0) is 56.0. The number of hydrogen-bond acceptors (Lipinski definition) is 14. The van der Waals surface area contributed by atoms with Crippen LogP contribution < -0.4 is 16.4 Å². The number of rotatable bonds is 10. The van der Waals surface area contributed by atoms with Crippen LogP contribution in [0.15, 0.2) is 47.1 Å². The second-order valence-electron chi connectivity index (χ2n) is 19.8. The lowest BCUT2D eigenvalue weighted by molar-refractivity contribution is -0.127. The number of benzene rings is 1.